The lowest BCUT2D eigenvalue weighted by molar-refractivity contribution is -0.130. The lowest BCUT2D eigenvalue weighted by atomic mass is 9.53. The van der Waals surface area contributed by atoms with Crippen molar-refractivity contribution in [2.75, 3.05) is 27.9 Å². The second-order valence-electron chi connectivity index (χ2n) is 8.70. The van der Waals surface area contributed by atoms with Crippen molar-refractivity contribution >= 4 is 11.9 Å². The van der Waals surface area contributed by atoms with Gasteiger partial charge in [0, 0.05) is 5.54 Å². The monoisotopic (exact) mass is 403 g/mol. The Bertz CT molecular complexity index is 769. The Labute approximate surface area is 171 Å². The molecular weight excluding hydrogens is 374 g/mol. The molecule has 1 N–H and O–H groups in total. The van der Waals surface area contributed by atoms with E-state index in [4.69, 9.17) is 18.9 Å². The molecule has 0 unspecified atom stereocenters. The largest absolute Gasteiger partial charge is 0.493 e. The number of carbonyl (C=O) groups is 2. The molecule has 1 aromatic carbocycles. The van der Waals surface area contributed by atoms with Crippen LogP contribution in [0.1, 0.15) is 48.9 Å². The SMILES string of the molecule is COc1ccc(C(=O)OCC(=O)NC23CC4CC(CC(C4)C2)C3)c(OC)c1OC. The van der Waals surface area contributed by atoms with E-state index in [0.29, 0.717) is 11.5 Å². The Morgan fingerprint density at radius 1 is 0.931 bits per heavy atom. The summed E-state index contributed by atoms with van der Waals surface area (Å²) < 4.78 is 21.1. The Balaban J connectivity index is 1.39. The topological polar surface area (TPSA) is 83.1 Å². The van der Waals surface area contributed by atoms with Crippen LogP contribution in [0.25, 0.3) is 0 Å². The number of nitrogens with one attached hydrogen (secondary N) is 1. The zero-order valence-electron chi connectivity index (χ0n) is 17.3. The van der Waals surface area contributed by atoms with E-state index in [1.807, 2.05) is 0 Å². The zero-order valence-corrected chi connectivity index (χ0v) is 17.3. The number of carbonyl (C=O) groups excluding carboxylic acids is 2. The highest BCUT2D eigenvalue weighted by molar-refractivity contribution is 5.95. The fraction of sp³-hybridized carbons (Fsp3) is 0.636. The third kappa shape index (κ3) is 3.74. The van der Waals surface area contributed by atoms with Crippen molar-refractivity contribution in [2.45, 2.75) is 44.1 Å². The fourth-order valence-corrected chi connectivity index (χ4v) is 6.07. The van der Waals surface area contributed by atoms with Gasteiger partial charge in [-0.05, 0) is 68.4 Å². The molecule has 0 spiro atoms. The predicted molar refractivity (Wildman–Crippen MR) is 105 cm³/mol. The number of amides is 1. The highest BCUT2D eigenvalue weighted by Crippen LogP contribution is 2.55. The molecule has 0 aliphatic heterocycles. The molecule has 29 heavy (non-hydrogen) atoms. The van der Waals surface area contributed by atoms with Crippen molar-refractivity contribution < 1.29 is 28.5 Å². The summed E-state index contributed by atoms with van der Waals surface area (Å²) in [5.74, 6) is 2.31. The van der Waals surface area contributed by atoms with Crippen LogP contribution in [-0.4, -0.2) is 45.4 Å². The van der Waals surface area contributed by atoms with Crippen LogP contribution in [0, 0.1) is 17.8 Å². The molecule has 0 atom stereocenters. The highest BCUT2D eigenvalue weighted by Gasteiger charge is 2.51. The average Bonchev–Trinajstić information content (AvgIpc) is 2.69. The molecule has 0 radical (unpaired) electrons. The zero-order chi connectivity index (χ0) is 20.6. The van der Waals surface area contributed by atoms with Crippen LogP contribution in [-0.2, 0) is 9.53 Å². The first-order valence-corrected chi connectivity index (χ1v) is 10.2. The summed E-state index contributed by atoms with van der Waals surface area (Å²) in [5, 5.41) is 3.21. The average molecular weight is 403 g/mol. The van der Waals surface area contributed by atoms with Gasteiger partial charge in [0.25, 0.3) is 5.91 Å². The highest BCUT2D eigenvalue weighted by atomic mass is 16.5. The van der Waals surface area contributed by atoms with E-state index in [0.717, 1.165) is 37.0 Å². The molecule has 4 saturated carbocycles. The molecule has 4 aliphatic rings. The van der Waals surface area contributed by atoms with Crippen molar-refractivity contribution in [3.8, 4) is 17.2 Å². The van der Waals surface area contributed by atoms with Crippen molar-refractivity contribution in [1.82, 2.24) is 5.32 Å². The van der Waals surface area contributed by atoms with Crippen molar-refractivity contribution in [3.63, 3.8) is 0 Å². The van der Waals surface area contributed by atoms with Crippen molar-refractivity contribution in [1.29, 1.82) is 0 Å². The van der Waals surface area contributed by atoms with Crippen LogP contribution in [0.15, 0.2) is 12.1 Å². The molecule has 0 saturated heterocycles. The molecule has 4 bridgehead atoms. The summed E-state index contributed by atoms with van der Waals surface area (Å²) in [6, 6.07) is 3.15. The van der Waals surface area contributed by atoms with E-state index >= 15 is 0 Å². The van der Waals surface area contributed by atoms with Crippen molar-refractivity contribution in [3.05, 3.63) is 17.7 Å². The number of hydrogen-bond donors (Lipinski definition) is 1. The number of methoxy groups -OCH3 is 3. The second kappa shape index (κ2) is 7.76. The van der Waals surface area contributed by atoms with E-state index < -0.39 is 5.97 Å². The van der Waals surface area contributed by atoms with Gasteiger partial charge in [-0.1, -0.05) is 0 Å². The number of ether oxygens (including phenoxy) is 4. The van der Waals surface area contributed by atoms with Gasteiger partial charge in [0.05, 0.1) is 21.3 Å². The summed E-state index contributed by atoms with van der Waals surface area (Å²) in [5.41, 5.74) is 0.0898. The molecule has 4 aliphatic carbocycles. The fourth-order valence-electron chi connectivity index (χ4n) is 6.07. The van der Waals surface area contributed by atoms with Crippen LogP contribution < -0.4 is 19.5 Å². The summed E-state index contributed by atoms with van der Waals surface area (Å²) in [6.07, 6.45) is 7.10. The summed E-state index contributed by atoms with van der Waals surface area (Å²) in [7, 11) is 4.41. The van der Waals surface area contributed by atoms with Gasteiger partial charge in [-0.3, -0.25) is 4.79 Å². The van der Waals surface area contributed by atoms with E-state index in [1.165, 1.54) is 40.6 Å². The van der Waals surface area contributed by atoms with Gasteiger partial charge >= 0.3 is 5.97 Å². The summed E-state index contributed by atoms with van der Waals surface area (Å²) >= 11 is 0. The number of esters is 1. The lowest BCUT2D eigenvalue weighted by Gasteiger charge is -2.56. The molecule has 1 amide bonds. The maximum atomic E-state index is 12.6. The molecule has 7 heteroatoms. The minimum atomic E-state index is -0.636. The van der Waals surface area contributed by atoms with Crippen molar-refractivity contribution in [2.24, 2.45) is 17.8 Å². The molecule has 0 heterocycles. The molecular formula is C22H29NO6. The first kappa shape index (κ1) is 19.9. The second-order valence-corrected chi connectivity index (χ2v) is 8.70. The van der Waals surface area contributed by atoms with Gasteiger partial charge in [0.15, 0.2) is 18.1 Å². The quantitative estimate of drug-likeness (QED) is 0.705. The Kier molecular flexibility index (Phi) is 5.32. The minimum Gasteiger partial charge on any atom is -0.493 e. The van der Waals surface area contributed by atoms with E-state index in [1.54, 1.807) is 12.1 Å². The Morgan fingerprint density at radius 3 is 2.03 bits per heavy atom. The maximum absolute atomic E-state index is 12.6. The predicted octanol–water partition coefficient (Wildman–Crippen LogP) is 2.95. The minimum absolute atomic E-state index is 0.0980. The van der Waals surface area contributed by atoms with E-state index in [-0.39, 0.29) is 29.4 Å². The first-order valence-electron chi connectivity index (χ1n) is 10.2. The smallest absolute Gasteiger partial charge is 0.342 e. The third-order valence-corrected chi connectivity index (χ3v) is 6.70. The molecule has 4 fully saturated rings. The van der Waals surface area contributed by atoms with Crippen LogP contribution >= 0.6 is 0 Å². The number of rotatable bonds is 7. The van der Waals surface area contributed by atoms with Gasteiger partial charge in [-0.2, -0.15) is 0 Å². The van der Waals surface area contributed by atoms with Gasteiger partial charge in [0.1, 0.15) is 5.56 Å². The Morgan fingerprint density at radius 2 is 1.52 bits per heavy atom. The maximum Gasteiger partial charge on any atom is 0.342 e. The third-order valence-electron chi connectivity index (χ3n) is 6.70. The molecule has 0 aromatic heterocycles. The van der Waals surface area contributed by atoms with Gasteiger partial charge in [-0.25, -0.2) is 4.79 Å². The summed E-state index contributed by atoms with van der Waals surface area (Å²) in [6.45, 7) is -0.307. The molecule has 158 valence electrons. The summed E-state index contributed by atoms with van der Waals surface area (Å²) in [4.78, 5) is 25.2. The van der Waals surface area contributed by atoms with Crippen LogP contribution in [0.5, 0.6) is 17.2 Å². The first-order chi connectivity index (χ1) is 14.0. The van der Waals surface area contributed by atoms with E-state index in [9.17, 15) is 9.59 Å². The molecule has 7 nitrogen and oxygen atoms in total. The van der Waals surface area contributed by atoms with Gasteiger partial charge in [-0.15, -0.1) is 0 Å². The van der Waals surface area contributed by atoms with Gasteiger partial charge < -0.3 is 24.3 Å². The van der Waals surface area contributed by atoms with Gasteiger partial charge in [0.2, 0.25) is 5.75 Å². The van der Waals surface area contributed by atoms with Crippen LogP contribution in [0.2, 0.25) is 0 Å². The standard InChI is InChI=1S/C22H29NO6/c1-26-17-5-4-16(19(27-2)20(17)28-3)21(25)29-12-18(24)23-22-9-13-6-14(10-22)8-15(7-13)11-22/h4-5,13-15H,6-12H2,1-3H3,(H,23,24). The molecule has 5 rings (SSSR count). The van der Waals surface area contributed by atoms with E-state index in [2.05, 4.69) is 5.32 Å². The normalized spacial score (nSPS) is 29.3. The Hall–Kier alpha value is -2.44. The lowest BCUT2D eigenvalue weighted by Crippen LogP contribution is -2.60. The number of benzene rings is 1. The number of hydrogen-bond acceptors (Lipinski definition) is 6. The van der Waals surface area contributed by atoms with Crippen LogP contribution in [0.4, 0.5) is 0 Å². The van der Waals surface area contributed by atoms with Crippen LogP contribution in [0.3, 0.4) is 0 Å². The molecule has 1 aromatic rings.